The van der Waals surface area contributed by atoms with E-state index in [2.05, 4.69) is 48.6 Å². The molecule has 1 aliphatic carbocycles. The summed E-state index contributed by atoms with van der Waals surface area (Å²) in [5.41, 5.74) is 2.88. The molecule has 0 aliphatic heterocycles. The lowest BCUT2D eigenvalue weighted by Gasteiger charge is -2.06. The van der Waals surface area contributed by atoms with Gasteiger partial charge in [-0.1, -0.05) is 27.7 Å². The van der Waals surface area contributed by atoms with Gasteiger partial charge in [-0.25, -0.2) is 5.84 Å². The predicted molar refractivity (Wildman–Crippen MR) is 68.7 cm³/mol. The van der Waals surface area contributed by atoms with Crippen LogP contribution in [0, 0.1) is 10.8 Å². The number of anilines is 1. The maximum absolute atomic E-state index is 12.0. The van der Waals surface area contributed by atoms with Gasteiger partial charge in [0.25, 0.3) is 5.91 Å². The van der Waals surface area contributed by atoms with Gasteiger partial charge in [-0.3, -0.25) is 4.79 Å². The molecular formula is C12H19N5O. The first kappa shape index (κ1) is 12.8. The quantitative estimate of drug-likeness (QED) is 0.547. The second-order valence-corrected chi connectivity index (χ2v) is 5.80. The molecule has 0 aromatic carbocycles. The van der Waals surface area contributed by atoms with Crippen LogP contribution in [0.4, 0.5) is 5.82 Å². The zero-order valence-electron chi connectivity index (χ0n) is 11.1. The molecule has 0 saturated heterocycles. The Labute approximate surface area is 106 Å². The lowest BCUT2D eigenvalue weighted by atomic mass is 10.0. The van der Waals surface area contributed by atoms with Crippen molar-refractivity contribution >= 4 is 11.7 Å². The number of hydrazine groups is 1. The van der Waals surface area contributed by atoms with E-state index in [1.54, 1.807) is 12.1 Å². The van der Waals surface area contributed by atoms with Crippen LogP contribution in [0.15, 0.2) is 12.1 Å². The molecule has 6 heteroatoms. The summed E-state index contributed by atoms with van der Waals surface area (Å²) >= 11 is 0. The fraction of sp³-hybridized carbons (Fsp3) is 0.583. The molecule has 4 N–H and O–H groups in total. The van der Waals surface area contributed by atoms with Crippen molar-refractivity contribution in [2.24, 2.45) is 16.7 Å². The number of carbonyl (C=O) groups is 1. The minimum atomic E-state index is -0.199. The molecule has 2 rings (SSSR count). The van der Waals surface area contributed by atoms with Gasteiger partial charge in [0.1, 0.15) is 0 Å². The van der Waals surface area contributed by atoms with Gasteiger partial charge in [-0.05, 0) is 23.0 Å². The molecule has 1 aromatic heterocycles. The minimum absolute atomic E-state index is 0.106. The van der Waals surface area contributed by atoms with E-state index in [1.165, 1.54) is 0 Å². The fourth-order valence-electron chi connectivity index (χ4n) is 2.29. The van der Waals surface area contributed by atoms with Gasteiger partial charge in [0.15, 0.2) is 11.5 Å². The average Bonchev–Trinajstić information content (AvgIpc) is 2.72. The molecule has 0 spiro atoms. The first-order chi connectivity index (χ1) is 8.30. The maximum atomic E-state index is 12.0. The molecule has 1 amide bonds. The van der Waals surface area contributed by atoms with Crippen LogP contribution in [-0.2, 0) is 0 Å². The number of nitrogens with two attached hydrogens (primary N) is 1. The lowest BCUT2D eigenvalue weighted by molar-refractivity contribution is 0.0937. The normalized spacial score (nSPS) is 20.3. The number of nitrogen functional groups attached to an aromatic ring is 1. The number of hydrogen-bond acceptors (Lipinski definition) is 5. The van der Waals surface area contributed by atoms with Gasteiger partial charge < -0.3 is 10.7 Å². The SMILES string of the molecule is CC1(C)C(NC(=O)c2ccc(NN)nn2)C1(C)C. The number of aromatic nitrogens is 2. The van der Waals surface area contributed by atoms with E-state index >= 15 is 0 Å². The third kappa shape index (κ3) is 1.82. The van der Waals surface area contributed by atoms with Crippen molar-refractivity contribution < 1.29 is 4.79 Å². The monoisotopic (exact) mass is 249 g/mol. The molecule has 18 heavy (non-hydrogen) atoms. The van der Waals surface area contributed by atoms with Gasteiger partial charge in [0, 0.05) is 6.04 Å². The summed E-state index contributed by atoms with van der Waals surface area (Å²) in [6.45, 7) is 8.58. The van der Waals surface area contributed by atoms with E-state index in [0.717, 1.165) is 0 Å². The second-order valence-electron chi connectivity index (χ2n) is 5.80. The molecule has 0 unspecified atom stereocenters. The van der Waals surface area contributed by atoms with Crippen molar-refractivity contribution in [2.75, 3.05) is 5.43 Å². The van der Waals surface area contributed by atoms with Gasteiger partial charge in [0.2, 0.25) is 0 Å². The highest BCUT2D eigenvalue weighted by atomic mass is 16.2. The number of carbonyl (C=O) groups excluding carboxylic acids is 1. The summed E-state index contributed by atoms with van der Waals surface area (Å²) in [5, 5.41) is 10.6. The number of rotatable bonds is 3. The molecule has 0 bridgehead atoms. The van der Waals surface area contributed by atoms with Crippen LogP contribution in [0.25, 0.3) is 0 Å². The van der Waals surface area contributed by atoms with Crippen molar-refractivity contribution in [3.05, 3.63) is 17.8 Å². The Morgan fingerprint density at radius 2 is 1.83 bits per heavy atom. The Balaban J connectivity index is 2.05. The molecule has 6 nitrogen and oxygen atoms in total. The van der Waals surface area contributed by atoms with E-state index < -0.39 is 0 Å². The zero-order chi connectivity index (χ0) is 13.6. The average molecular weight is 249 g/mol. The third-order valence-electron chi connectivity index (χ3n) is 4.34. The van der Waals surface area contributed by atoms with Crippen molar-refractivity contribution in [3.8, 4) is 0 Å². The van der Waals surface area contributed by atoms with Crippen molar-refractivity contribution in [2.45, 2.75) is 33.7 Å². The highest BCUT2D eigenvalue weighted by Crippen LogP contribution is 2.62. The fourth-order valence-corrected chi connectivity index (χ4v) is 2.29. The van der Waals surface area contributed by atoms with Crippen LogP contribution >= 0.6 is 0 Å². The molecule has 1 aliphatic rings. The number of amides is 1. The molecule has 1 fully saturated rings. The van der Waals surface area contributed by atoms with Crippen molar-refractivity contribution in [1.29, 1.82) is 0 Å². The van der Waals surface area contributed by atoms with Crippen LogP contribution in [0.2, 0.25) is 0 Å². The number of nitrogens with zero attached hydrogens (tertiary/aromatic N) is 2. The standard InChI is InChI=1S/C12H19N5O/c1-11(2)10(12(11,3)4)14-9(18)7-5-6-8(15-13)17-16-7/h5-6,10H,13H2,1-4H3,(H,14,18)(H,15,17). The Morgan fingerprint density at radius 1 is 1.22 bits per heavy atom. The summed E-state index contributed by atoms with van der Waals surface area (Å²) in [6.07, 6.45) is 0. The topological polar surface area (TPSA) is 92.9 Å². The van der Waals surface area contributed by atoms with Gasteiger partial charge in [-0.2, -0.15) is 0 Å². The van der Waals surface area contributed by atoms with E-state index in [0.29, 0.717) is 11.5 Å². The molecule has 1 aromatic rings. The van der Waals surface area contributed by atoms with E-state index in [4.69, 9.17) is 5.84 Å². The molecule has 98 valence electrons. The van der Waals surface area contributed by atoms with Gasteiger partial charge in [0.05, 0.1) is 0 Å². The highest BCUT2D eigenvalue weighted by Gasteiger charge is 2.65. The summed E-state index contributed by atoms with van der Waals surface area (Å²) in [4.78, 5) is 12.0. The van der Waals surface area contributed by atoms with E-state index in [-0.39, 0.29) is 22.8 Å². The molecule has 0 radical (unpaired) electrons. The number of hydrogen-bond donors (Lipinski definition) is 3. The Morgan fingerprint density at radius 3 is 2.22 bits per heavy atom. The summed E-state index contributed by atoms with van der Waals surface area (Å²) in [5.74, 6) is 5.41. The second kappa shape index (κ2) is 3.91. The first-order valence-electron chi connectivity index (χ1n) is 5.92. The van der Waals surface area contributed by atoms with Crippen LogP contribution in [0.1, 0.15) is 38.2 Å². The maximum Gasteiger partial charge on any atom is 0.272 e. The minimum Gasteiger partial charge on any atom is -0.347 e. The van der Waals surface area contributed by atoms with Crippen LogP contribution in [-0.4, -0.2) is 22.1 Å². The number of nitrogens with one attached hydrogen (secondary N) is 2. The van der Waals surface area contributed by atoms with Crippen LogP contribution in [0.5, 0.6) is 0 Å². The third-order valence-corrected chi connectivity index (χ3v) is 4.34. The smallest absolute Gasteiger partial charge is 0.272 e. The van der Waals surface area contributed by atoms with Crippen molar-refractivity contribution in [3.63, 3.8) is 0 Å². The van der Waals surface area contributed by atoms with Crippen LogP contribution in [0.3, 0.4) is 0 Å². The summed E-state index contributed by atoms with van der Waals surface area (Å²) < 4.78 is 0. The highest BCUT2D eigenvalue weighted by molar-refractivity contribution is 5.92. The molecule has 1 heterocycles. The lowest BCUT2D eigenvalue weighted by Crippen LogP contribution is -2.30. The predicted octanol–water partition coefficient (Wildman–Crippen LogP) is 0.927. The summed E-state index contributed by atoms with van der Waals surface area (Å²) in [7, 11) is 0. The van der Waals surface area contributed by atoms with E-state index in [9.17, 15) is 4.79 Å². The summed E-state index contributed by atoms with van der Waals surface area (Å²) in [6, 6.07) is 3.37. The Hall–Kier alpha value is -1.69. The molecular weight excluding hydrogens is 230 g/mol. The Kier molecular flexibility index (Phi) is 2.77. The Bertz CT molecular complexity index is 452. The largest absolute Gasteiger partial charge is 0.347 e. The first-order valence-corrected chi connectivity index (χ1v) is 5.92. The van der Waals surface area contributed by atoms with Crippen molar-refractivity contribution in [1.82, 2.24) is 15.5 Å². The van der Waals surface area contributed by atoms with E-state index in [1.807, 2.05) is 0 Å². The zero-order valence-corrected chi connectivity index (χ0v) is 11.1. The van der Waals surface area contributed by atoms with Gasteiger partial charge in [-0.15, -0.1) is 10.2 Å². The molecule has 0 atom stereocenters. The van der Waals surface area contributed by atoms with Gasteiger partial charge >= 0.3 is 0 Å². The van der Waals surface area contributed by atoms with Crippen LogP contribution < -0.4 is 16.6 Å². The molecule has 1 saturated carbocycles.